The molecule has 0 atom stereocenters. The normalized spacial score (nSPS) is 13.3. The van der Waals surface area contributed by atoms with Gasteiger partial charge in [-0.1, -0.05) is 35.3 Å². The minimum absolute atomic E-state index is 0.0799. The van der Waals surface area contributed by atoms with Crippen LogP contribution < -0.4 is 19.7 Å². The lowest BCUT2D eigenvalue weighted by Crippen LogP contribution is -2.49. The van der Waals surface area contributed by atoms with Gasteiger partial charge in [0, 0.05) is 37.6 Å². The maximum absolute atomic E-state index is 12.8. The molecule has 188 valence electrons. The van der Waals surface area contributed by atoms with E-state index in [2.05, 4.69) is 10.2 Å². The number of benzene rings is 3. The lowest BCUT2D eigenvalue weighted by atomic mass is 10.1. The zero-order valence-electron chi connectivity index (χ0n) is 19.9. The highest BCUT2D eigenvalue weighted by molar-refractivity contribution is 6.42. The van der Waals surface area contributed by atoms with E-state index in [4.69, 9.17) is 32.7 Å². The molecule has 1 aliphatic rings. The molecule has 1 N–H and O–H groups in total. The van der Waals surface area contributed by atoms with E-state index in [9.17, 15) is 9.59 Å². The van der Waals surface area contributed by atoms with Gasteiger partial charge in [-0.3, -0.25) is 9.59 Å². The third-order valence-electron chi connectivity index (χ3n) is 5.92. The Kier molecular flexibility index (Phi) is 8.57. The van der Waals surface area contributed by atoms with Crippen LogP contribution in [-0.4, -0.2) is 56.6 Å². The van der Waals surface area contributed by atoms with Crippen LogP contribution >= 0.6 is 23.2 Å². The van der Waals surface area contributed by atoms with E-state index in [1.807, 2.05) is 29.2 Å². The van der Waals surface area contributed by atoms with Crippen LogP contribution in [0.15, 0.2) is 66.7 Å². The molecule has 1 aliphatic heterocycles. The van der Waals surface area contributed by atoms with Crippen molar-refractivity contribution in [1.29, 1.82) is 0 Å². The van der Waals surface area contributed by atoms with E-state index >= 15 is 0 Å². The predicted molar refractivity (Wildman–Crippen MR) is 143 cm³/mol. The lowest BCUT2D eigenvalue weighted by molar-refractivity contribution is -0.130. The van der Waals surface area contributed by atoms with Gasteiger partial charge in [-0.05, 0) is 60.2 Å². The van der Waals surface area contributed by atoms with Crippen molar-refractivity contribution < 1.29 is 19.1 Å². The summed E-state index contributed by atoms with van der Waals surface area (Å²) in [5.41, 5.74) is 2.56. The molecule has 0 saturated carbocycles. The minimum atomic E-state index is -0.264. The molecule has 2 amide bonds. The van der Waals surface area contributed by atoms with Gasteiger partial charge in [0.1, 0.15) is 11.5 Å². The molecule has 7 nitrogen and oxygen atoms in total. The number of ether oxygens (including phenoxy) is 2. The van der Waals surface area contributed by atoms with E-state index in [-0.39, 0.29) is 18.4 Å². The van der Waals surface area contributed by atoms with Gasteiger partial charge in [0.05, 0.1) is 23.6 Å². The van der Waals surface area contributed by atoms with Crippen LogP contribution in [0.4, 0.5) is 11.4 Å². The van der Waals surface area contributed by atoms with Crippen LogP contribution in [0.3, 0.4) is 0 Å². The Labute approximate surface area is 220 Å². The Morgan fingerprint density at radius 1 is 0.861 bits per heavy atom. The number of piperazine rings is 1. The van der Waals surface area contributed by atoms with Gasteiger partial charge in [-0.2, -0.15) is 0 Å². The van der Waals surface area contributed by atoms with Crippen molar-refractivity contribution >= 4 is 46.4 Å². The fourth-order valence-corrected chi connectivity index (χ4v) is 4.20. The number of methoxy groups -OCH3 is 1. The number of anilines is 2. The molecule has 4 rings (SSSR count). The van der Waals surface area contributed by atoms with E-state index in [1.54, 1.807) is 49.6 Å². The average molecular weight is 528 g/mol. The van der Waals surface area contributed by atoms with Crippen molar-refractivity contribution in [2.45, 2.75) is 6.42 Å². The molecule has 0 aliphatic carbocycles. The highest BCUT2D eigenvalue weighted by Crippen LogP contribution is 2.28. The number of hydrogen-bond donors (Lipinski definition) is 1. The largest absolute Gasteiger partial charge is 0.497 e. The summed E-state index contributed by atoms with van der Waals surface area (Å²) < 4.78 is 10.7. The molecule has 1 heterocycles. The number of amides is 2. The third kappa shape index (κ3) is 6.83. The number of nitrogens with one attached hydrogen (secondary N) is 1. The molecule has 0 unspecified atom stereocenters. The first kappa shape index (κ1) is 25.7. The minimum Gasteiger partial charge on any atom is -0.497 e. The summed E-state index contributed by atoms with van der Waals surface area (Å²) >= 11 is 12.1. The monoisotopic (exact) mass is 527 g/mol. The Morgan fingerprint density at radius 3 is 2.17 bits per heavy atom. The summed E-state index contributed by atoms with van der Waals surface area (Å²) in [5.74, 6) is 1.09. The van der Waals surface area contributed by atoms with Gasteiger partial charge >= 0.3 is 0 Å². The molecular weight excluding hydrogens is 501 g/mol. The zero-order chi connectivity index (χ0) is 25.5. The predicted octanol–water partition coefficient (Wildman–Crippen LogP) is 4.91. The molecule has 3 aromatic carbocycles. The van der Waals surface area contributed by atoms with Gasteiger partial charge in [0.2, 0.25) is 5.91 Å². The first-order valence-corrected chi connectivity index (χ1v) is 12.3. The Balaban J connectivity index is 1.21. The number of hydrogen-bond acceptors (Lipinski definition) is 5. The molecule has 36 heavy (non-hydrogen) atoms. The third-order valence-corrected chi connectivity index (χ3v) is 6.66. The zero-order valence-corrected chi connectivity index (χ0v) is 21.4. The second-order valence-corrected chi connectivity index (χ2v) is 9.17. The Bertz CT molecular complexity index is 1190. The maximum atomic E-state index is 12.8. The number of nitrogens with zero attached hydrogens (tertiary/aromatic N) is 2. The molecule has 1 fully saturated rings. The maximum Gasteiger partial charge on any atom is 0.262 e. The Hall–Kier alpha value is -3.42. The van der Waals surface area contributed by atoms with Gasteiger partial charge in [0.25, 0.3) is 5.91 Å². The highest BCUT2D eigenvalue weighted by Gasteiger charge is 2.22. The molecule has 0 bridgehead atoms. The van der Waals surface area contributed by atoms with Crippen molar-refractivity contribution in [2.75, 3.05) is 50.1 Å². The topological polar surface area (TPSA) is 71.1 Å². The number of rotatable bonds is 8. The van der Waals surface area contributed by atoms with Crippen LogP contribution in [0.1, 0.15) is 5.56 Å². The quantitative estimate of drug-likeness (QED) is 0.450. The van der Waals surface area contributed by atoms with Crippen LogP contribution in [0, 0.1) is 0 Å². The first-order chi connectivity index (χ1) is 17.4. The van der Waals surface area contributed by atoms with Gasteiger partial charge in [0.15, 0.2) is 6.61 Å². The highest BCUT2D eigenvalue weighted by atomic mass is 35.5. The lowest BCUT2D eigenvalue weighted by Gasteiger charge is -2.36. The molecule has 0 radical (unpaired) electrons. The fourth-order valence-electron chi connectivity index (χ4n) is 3.91. The number of carbonyl (C=O) groups excluding carboxylic acids is 2. The summed E-state index contributed by atoms with van der Waals surface area (Å²) in [6.45, 7) is 2.63. The molecule has 1 saturated heterocycles. The number of halogens is 2. The van der Waals surface area contributed by atoms with E-state index in [1.165, 1.54) is 0 Å². The summed E-state index contributed by atoms with van der Waals surface area (Å²) in [7, 11) is 1.59. The number of carbonyl (C=O) groups is 2. The van der Waals surface area contributed by atoms with Crippen LogP contribution in [0.5, 0.6) is 11.5 Å². The standard InChI is InChI=1S/C27H27Cl2N3O4/c1-35-22-9-4-20(5-10-22)30-26(33)18-36-23-7-2-19(3-8-23)16-27(34)32-14-12-31(13-15-32)21-6-11-24(28)25(29)17-21/h2-11,17H,12-16,18H2,1H3,(H,30,33). The average Bonchev–Trinajstić information content (AvgIpc) is 2.90. The summed E-state index contributed by atoms with van der Waals surface area (Å²) in [6.07, 6.45) is 0.311. The van der Waals surface area contributed by atoms with Crippen LogP contribution in [0.2, 0.25) is 10.0 Å². The summed E-state index contributed by atoms with van der Waals surface area (Å²) in [5, 5.41) is 3.83. The SMILES string of the molecule is COc1ccc(NC(=O)COc2ccc(CC(=O)N3CCN(c4ccc(Cl)c(Cl)c4)CC3)cc2)cc1. The van der Waals surface area contributed by atoms with Crippen molar-refractivity contribution in [3.8, 4) is 11.5 Å². The van der Waals surface area contributed by atoms with Crippen LogP contribution in [-0.2, 0) is 16.0 Å². The molecule has 0 aromatic heterocycles. The smallest absolute Gasteiger partial charge is 0.262 e. The van der Waals surface area contributed by atoms with Gasteiger partial charge in [-0.25, -0.2) is 0 Å². The molecule has 3 aromatic rings. The summed E-state index contributed by atoms with van der Waals surface area (Å²) in [6, 6.07) is 19.9. The first-order valence-electron chi connectivity index (χ1n) is 11.5. The van der Waals surface area contributed by atoms with Crippen molar-refractivity contribution in [3.05, 3.63) is 82.3 Å². The summed E-state index contributed by atoms with van der Waals surface area (Å²) in [4.78, 5) is 29.0. The molecular formula is C27H27Cl2N3O4. The van der Waals surface area contributed by atoms with E-state index in [0.29, 0.717) is 46.7 Å². The fraction of sp³-hybridized carbons (Fsp3) is 0.259. The van der Waals surface area contributed by atoms with Gasteiger partial charge < -0.3 is 24.6 Å². The second kappa shape index (κ2) is 12.0. The van der Waals surface area contributed by atoms with Gasteiger partial charge in [-0.15, -0.1) is 0 Å². The van der Waals surface area contributed by atoms with Crippen molar-refractivity contribution in [1.82, 2.24) is 4.90 Å². The van der Waals surface area contributed by atoms with Crippen molar-refractivity contribution in [2.24, 2.45) is 0 Å². The van der Waals surface area contributed by atoms with E-state index in [0.717, 1.165) is 24.3 Å². The van der Waals surface area contributed by atoms with Crippen molar-refractivity contribution in [3.63, 3.8) is 0 Å². The van der Waals surface area contributed by atoms with E-state index < -0.39 is 0 Å². The molecule has 0 spiro atoms. The second-order valence-electron chi connectivity index (χ2n) is 8.35. The Morgan fingerprint density at radius 2 is 1.53 bits per heavy atom. The van der Waals surface area contributed by atoms with Crippen LogP contribution in [0.25, 0.3) is 0 Å². The molecule has 9 heteroatoms.